The van der Waals surface area contributed by atoms with Crippen LogP contribution in [0.3, 0.4) is 0 Å². The predicted molar refractivity (Wildman–Crippen MR) is 98.7 cm³/mol. The first-order valence-corrected chi connectivity index (χ1v) is 10.9. The van der Waals surface area contributed by atoms with Crippen molar-refractivity contribution >= 4 is 22.7 Å². The molecule has 1 aliphatic heterocycles. The Bertz CT molecular complexity index is 503. The third kappa shape index (κ3) is 8.34. The second kappa shape index (κ2) is 11.3. The molecule has 0 radical (unpaired) electrons. The van der Waals surface area contributed by atoms with Crippen LogP contribution in [-0.2, 0) is 39.5 Å². The lowest BCUT2D eigenvalue weighted by Gasteiger charge is -2.18. The topological polar surface area (TPSA) is 112 Å². The first-order chi connectivity index (χ1) is 13.0. The first-order valence-electron chi connectivity index (χ1n) is 8.94. The Morgan fingerprint density at radius 2 is 1.43 bits per heavy atom. The van der Waals surface area contributed by atoms with E-state index in [4.69, 9.17) is 18.6 Å². The lowest BCUT2D eigenvalue weighted by molar-refractivity contribution is 0.0918. The van der Waals surface area contributed by atoms with Crippen molar-refractivity contribution in [3.05, 3.63) is 0 Å². The first kappa shape index (κ1) is 26.0. The summed E-state index contributed by atoms with van der Waals surface area (Å²) in [5, 5.41) is 16.9. The maximum absolute atomic E-state index is 12.5. The van der Waals surface area contributed by atoms with Crippen LogP contribution in [0.5, 0.6) is 0 Å². The van der Waals surface area contributed by atoms with Gasteiger partial charge in [-0.15, -0.1) is 0 Å². The molecule has 28 heavy (non-hydrogen) atoms. The maximum Gasteiger partial charge on any atom is 0.305 e. The van der Waals surface area contributed by atoms with E-state index in [0.717, 1.165) is 0 Å². The minimum Gasteiger partial charge on any atom is -0.396 e. The molecule has 1 saturated heterocycles. The summed E-state index contributed by atoms with van der Waals surface area (Å²) in [5.74, 6) is 0. The zero-order valence-electron chi connectivity index (χ0n) is 16.5. The molecule has 168 valence electrons. The minimum absolute atomic E-state index is 0.0559. The molecule has 1 spiro atoms. The van der Waals surface area contributed by atoms with Crippen molar-refractivity contribution in [2.45, 2.75) is 65.1 Å². The van der Waals surface area contributed by atoms with E-state index in [0.29, 0.717) is 12.8 Å². The molecule has 0 amide bonds. The number of aliphatic hydroxyl groups excluding tert-OH is 2. The molecular weight excluding hydrogens is 422 g/mol. The third-order valence-electron chi connectivity index (χ3n) is 4.24. The number of alkyl halides is 2. The molecule has 3 aliphatic rings. The van der Waals surface area contributed by atoms with Gasteiger partial charge in [0.15, 0.2) is 0 Å². The highest BCUT2D eigenvalue weighted by Crippen LogP contribution is 2.50. The van der Waals surface area contributed by atoms with E-state index in [1.54, 1.807) is 0 Å². The number of halogens is 2. The fourth-order valence-electron chi connectivity index (χ4n) is 2.02. The summed E-state index contributed by atoms with van der Waals surface area (Å²) >= 11 is -3.21. The Balaban J connectivity index is 0.000000212. The molecule has 3 rings (SSSR count). The van der Waals surface area contributed by atoms with Gasteiger partial charge in [-0.1, -0.05) is 0 Å². The van der Waals surface area contributed by atoms with E-state index in [2.05, 4.69) is 8.37 Å². The molecule has 1 heterocycles. The molecule has 0 aromatic rings. The van der Waals surface area contributed by atoms with Gasteiger partial charge in [-0.3, -0.25) is 16.7 Å². The van der Waals surface area contributed by atoms with Gasteiger partial charge in [0.05, 0.1) is 49.5 Å². The summed E-state index contributed by atoms with van der Waals surface area (Å²) < 4.78 is 64.7. The molecule has 3 fully saturated rings. The second-order valence-corrected chi connectivity index (χ2v) is 9.28. The molecule has 12 heteroatoms. The number of rotatable bonds is 6. The Kier molecular flexibility index (Phi) is 10.5. The Morgan fingerprint density at radius 3 is 1.64 bits per heavy atom. The van der Waals surface area contributed by atoms with Gasteiger partial charge in [0, 0.05) is 0 Å². The summed E-state index contributed by atoms with van der Waals surface area (Å²) in [4.78, 5) is 0. The molecule has 2 unspecified atom stereocenters. The summed E-state index contributed by atoms with van der Waals surface area (Å²) in [6.45, 7) is 7.24. The fraction of sp³-hybridized carbons (Fsp3) is 1.00. The Morgan fingerprint density at radius 1 is 1.04 bits per heavy atom. The van der Waals surface area contributed by atoms with Gasteiger partial charge in [-0.2, -0.15) is 8.42 Å². The Labute approximate surface area is 169 Å². The minimum atomic E-state index is -1.63. The summed E-state index contributed by atoms with van der Waals surface area (Å²) in [6, 6.07) is 0. The lowest BCUT2D eigenvalue weighted by atomic mass is 10.1. The SMILES string of the molecule is CC(C)OS(=O)OC(C)C.O=S1OCC2(CO1)CC2F.OCC1(CO)CC1F. The quantitative estimate of drug-likeness (QED) is 0.623. The van der Waals surface area contributed by atoms with Crippen LogP contribution in [0, 0.1) is 10.8 Å². The average molecular weight is 453 g/mol. The summed E-state index contributed by atoms with van der Waals surface area (Å²) in [7, 11) is 0. The van der Waals surface area contributed by atoms with Crippen molar-refractivity contribution in [1.29, 1.82) is 0 Å². The van der Waals surface area contributed by atoms with Crippen LogP contribution < -0.4 is 0 Å². The molecular formula is C16H30F2O8S2. The zero-order valence-corrected chi connectivity index (χ0v) is 18.1. The van der Waals surface area contributed by atoms with E-state index < -0.39 is 45.9 Å². The molecule has 0 aromatic heterocycles. The van der Waals surface area contributed by atoms with E-state index in [1.165, 1.54) is 0 Å². The van der Waals surface area contributed by atoms with Crippen LogP contribution in [0.25, 0.3) is 0 Å². The van der Waals surface area contributed by atoms with Crippen molar-refractivity contribution in [3.63, 3.8) is 0 Å². The Hall–Kier alpha value is -0.0800. The van der Waals surface area contributed by atoms with Crippen LogP contribution in [-0.4, -0.2) is 69.6 Å². The normalized spacial score (nSPS) is 32.6. The molecule has 2 N–H and O–H groups in total. The maximum atomic E-state index is 12.5. The average Bonchev–Trinajstić information content (AvgIpc) is 3.46. The van der Waals surface area contributed by atoms with E-state index >= 15 is 0 Å². The predicted octanol–water partition coefficient (Wildman–Crippen LogP) is 1.45. The smallest absolute Gasteiger partial charge is 0.305 e. The van der Waals surface area contributed by atoms with Crippen molar-refractivity contribution in [2.24, 2.45) is 10.8 Å². The largest absolute Gasteiger partial charge is 0.396 e. The third-order valence-corrected chi connectivity index (χ3v) is 5.94. The van der Waals surface area contributed by atoms with Crippen molar-refractivity contribution in [2.75, 3.05) is 26.4 Å². The van der Waals surface area contributed by atoms with E-state index in [1.807, 2.05) is 27.7 Å². The van der Waals surface area contributed by atoms with Crippen LogP contribution in [0.15, 0.2) is 0 Å². The van der Waals surface area contributed by atoms with Crippen LogP contribution in [0.2, 0.25) is 0 Å². The van der Waals surface area contributed by atoms with Gasteiger partial charge in [0.1, 0.15) is 12.3 Å². The summed E-state index contributed by atoms with van der Waals surface area (Å²) in [6.07, 6.45) is -1.09. The standard InChI is InChI=1S/C6H14O3S.C5H7FO3S.C5H9FO2/c1-5(2)8-10(7)9-6(3)4;6-4-1-5(4)2-8-10(7)9-3-5;6-4-1-5(4,2-7)3-8/h5-6H,1-4H3;4H,1-3H2;4,7-8H,1-3H2. The van der Waals surface area contributed by atoms with E-state index in [-0.39, 0.29) is 38.6 Å². The van der Waals surface area contributed by atoms with Crippen molar-refractivity contribution in [3.8, 4) is 0 Å². The highest BCUT2D eigenvalue weighted by atomic mass is 32.2. The highest BCUT2D eigenvalue weighted by Gasteiger charge is 2.58. The monoisotopic (exact) mass is 452 g/mol. The van der Waals surface area contributed by atoms with Crippen LogP contribution in [0.4, 0.5) is 8.78 Å². The van der Waals surface area contributed by atoms with Crippen LogP contribution in [0.1, 0.15) is 40.5 Å². The number of aliphatic hydroxyl groups is 2. The lowest BCUT2D eigenvalue weighted by Crippen LogP contribution is -2.28. The van der Waals surface area contributed by atoms with Gasteiger partial charge in [-0.05, 0) is 40.5 Å². The van der Waals surface area contributed by atoms with Gasteiger partial charge in [0.25, 0.3) is 0 Å². The van der Waals surface area contributed by atoms with Gasteiger partial charge >= 0.3 is 22.7 Å². The highest BCUT2D eigenvalue weighted by molar-refractivity contribution is 7.75. The van der Waals surface area contributed by atoms with Crippen LogP contribution >= 0.6 is 0 Å². The molecule has 2 saturated carbocycles. The number of hydrogen-bond acceptors (Lipinski definition) is 8. The molecule has 0 aromatic carbocycles. The fourth-order valence-corrected chi connectivity index (χ4v) is 3.42. The second-order valence-electron chi connectivity index (χ2n) is 7.61. The number of hydrogen-bond donors (Lipinski definition) is 2. The molecule has 8 nitrogen and oxygen atoms in total. The summed E-state index contributed by atoms with van der Waals surface area (Å²) in [5.41, 5.74) is -1.20. The van der Waals surface area contributed by atoms with Crippen molar-refractivity contribution < 1.29 is 44.1 Å². The van der Waals surface area contributed by atoms with Crippen molar-refractivity contribution in [1.82, 2.24) is 0 Å². The zero-order chi connectivity index (χ0) is 21.5. The molecule has 2 aliphatic carbocycles. The van der Waals surface area contributed by atoms with Gasteiger partial charge < -0.3 is 10.2 Å². The van der Waals surface area contributed by atoms with Gasteiger partial charge in [0.2, 0.25) is 0 Å². The van der Waals surface area contributed by atoms with Gasteiger partial charge in [-0.25, -0.2) is 8.78 Å². The molecule has 0 bridgehead atoms. The van der Waals surface area contributed by atoms with E-state index in [9.17, 15) is 17.2 Å². The molecule has 2 atom stereocenters.